The average molecular weight is 361 g/mol. The van der Waals surface area contributed by atoms with Crippen molar-refractivity contribution in [2.75, 3.05) is 45.2 Å². The Morgan fingerprint density at radius 1 is 1.19 bits per heavy atom. The second-order valence-corrected chi connectivity index (χ2v) is 7.39. The molecule has 0 spiro atoms. The van der Waals surface area contributed by atoms with Crippen LogP contribution in [-0.2, 0) is 4.79 Å². The lowest BCUT2D eigenvalue weighted by molar-refractivity contribution is -0.131. The number of likely N-dealkylation sites (N-methyl/N-ethyl adjacent to an activating group) is 1. The van der Waals surface area contributed by atoms with E-state index in [1.807, 2.05) is 37.9 Å². The van der Waals surface area contributed by atoms with Crippen molar-refractivity contribution >= 4 is 17.6 Å². The Bertz CT molecular complexity index is 632. The van der Waals surface area contributed by atoms with Gasteiger partial charge in [-0.3, -0.25) is 9.78 Å². The van der Waals surface area contributed by atoms with Crippen molar-refractivity contribution in [2.45, 2.75) is 33.2 Å². The number of urea groups is 1. The topological polar surface area (TPSA) is 68.8 Å². The van der Waals surface area contributed by atoms with E-state index >= 15 is 0 Å². The summed E-state index contributed by atoms with van der Waals surface area (Å²) in [6, 6.07) is 3.42. The van der Waals surface area contributed by atoms with Crippen LogP contribution in [0.2, 0.25) is 0 Å². The van der Waals surface area contributed by atoms with Crippen LogP contribution in [0.3, 0.4) is 0 Å². The van der Waals surface area contributed by atoms with Gasteiger partial charge in [0.05, 0.1) is 0 Å². The molecule has 1 aromatic rings. The van der Waals surface area contributed by atoms with Crippen LogP contribution in [0.25, 0.3) is 0 Å². The molecule has 2 heterocycles. The molecule has 0 radical (unpaired) electrons. The zero-order valence-corrected chi connectivity index (χ0v) is 16.5. The molecule has 1 atom stereocenters. The fraction of sp³-hybridized carbons (Fsp3) is 0.632. The zero-order valence-electron chi connectivity index (χ0n) is 16.5. The van der Waals surface area contributed by atoms with Crippen LogP contribution in [0.4, 0.5) is 10.5 Å². The van der Waals surface area contributed by atoms with Crippen LogP contribution in [0.5, 0.6) is 0 Å². The molecule has 0 aromatic carbocycles. The average Bonchev–Trinajstić information content (AvgIpc) is 2.84. The normalized spacial score (nSPS) is 16.2. The number of carbonyl (C=O) groups excluding carboxylic acids is 2. The number of pyridine rings is 1. The molecule has 1 N–H and O–H groups in total. The van der Waals surface area contributed by atoms with E-state index in [0.29, 0.717) is 13.1 Å². The lowest BCUT2D eigenvalue weighted by atomic mass is 10.0. The van der Waals surface area contributed by atoms with Gasteiger partial charge in [0.2, 0.25) is 5.91 Å². The van der Waals surface area contributed by atoms with Crippen molar-refractivity contribution in [1.82, 2.24) is 20.1 Å². The minimum atomic E-state index is -0.500. The summed E-state index contributed by atoms with van der Waals surface area (Å²) in [5, 5.41) is 2.93. The van der Waals surface area contributed by atoms with Gasteiger partial charge in [0.15, 0.2) is 0 Å². The molecular weight excluding hydrogens is 330 g/mol. The van der Waals surface area contributed by atoms with Crippen molar-refractivity contribution in [3.8, 4) is 0 Å². The fourth-order valence-corrected chi connectivity index (χ4v) is 3.12. The molecular formula is C19H31N5O2. The van der Waals surface area contributed by atoms with Crippen molar-refractivity contribution < 1.29 is 9.59 Å². The summed E-state index contributed by atoms with van der Waals surface area (Å²) >= 11 is 0. The van der Waals surface area contributed by atoms with Crippen LogP contribution in [0, 0.1) is 12.8 Å². The van der Waals surface area contributed by atoms with Gasteiger partial charge in [-0.05, 0) is 31.4 Å². The molecule has 2 rings (SSSR count). The van der Waals surface area contributed by atoms with Crippen molar-refractivity contribution in [1.29, 1.82) is 0 Å². The summed E-state index contributed by atoms with van der Waals surface area (Å²) in [7, 11) is 3.43. The number of hydrogen-bond donors (Lipinski definition) is 1. The minimum absolute atomic E-state index is 0.0390. The number of hydrogen-bond acceptors (Lipinski definition) is 4. The maximum Gasteiger partial charge on any atom is 0.318 e. The van der Waals surface area contributed by atoms with Crippen molar-refractivity contribution in [2.24, 2.45) is 5.92 Å². The van der Waals surface area contributed by atoms with Gasteiger partial charge in [0.1, 0.15) is 6.04 Å². The monoisotopic (exact) mass is 361 g/mol. The van der Waals surface area contributed by atoms with E-state index in [0.717, 1.165) is 30.9 Å². The van der Waals surface area contributed by atoms with Crippen molar-refractivity contribution in [3.05, 3.63) is 24.0 Å². The molecule has 0 bridgehead atoms. The first-order valence-electron chi connectivity index (χ1n) is 9.23. The molecule has 26 heavy (non-hydrogen) atoms. The molecule has 7 heteroatoms. The lowest BCUT2D eigenvalue weighted by Gasteiger charge is -2.28. The van der Waals surface area contributed by atoms with E-state index in [1.54, 1.807) is 14.1 Å². The first-order valence-corrected chi connectivity index (χ1v) is 9.23. The highest BCUT2D eigenvalue weighted by molar-refractivity contribution is 5.87. The first-order chi connectivity index (χ1) is 12.3. The number of anilines is 1. The van der Waals surface area contributed by atoms with E-state index in [-0.39, 0.29) is 17.9 Å². The highest BCUT2D eigenvalue weighted by Gasteiger charge is 2.28. The van der Waals surface area contributed by atoms with Crippen LogP contribution in [0.15, 0.2) is 18.3 Å². The third-order valence-electron chi connectivity index (χ3n) is 4.68. The summed E-state index contributed by atoms with van der Waals surface area (Å²) in [6.07, 6.45) is 2.71. The Labute approximate surface area is 156 Å². The van der Waals surface area contributed by atoms with Gasteiger partial charge in [-0.1, -0.05) is 13.8 Å². The SMILES string of the molecule is Cc1cc(N2CCCN(C(=O)N[C@@H](C(=O)N(C)C)C(C)C)CC2)ccn1. The summed E-state index contributed by atoms with van der Waals surface area (Å²) in [4.78, 5) is 34.9. The molecule has 1 saturated heterocycles. The largest absolute Gasteiger partial charge is 0.370 e. The van der Waals surface area contributed by atoms with Gasteiger partial charge in [0, 0.05) is 57.9 Å². The molecule has 7 nitrogen and oxygen atoms in total. The number of aromatic nitrogens is 1. The number of aryl methyl sites for hydroxylation is 1. The smallest absolute Gasteiger partial charge is 0.318 e. The van der Waals surface area contributed by atoms with Gasteiger partial charge < -0.3 is 20.0 Å². The number of carbonyl (C=O) groups is 2. The Kier molecular flexibility index (Phi) is 6.83. The van der Waals surface area contributed by atoms with Crippen LogP contribution >= 0.6 is 0 Å². The molecule has 144 valence electrons. The Morgan fingerprint density at radius 2 is 1.92 bits per heavy atom. The summed E-state index contributed by atoms with van der Waals surface area (Å²) in [5.41, 5.74) is 2.13. The standard InChI is InChI=1S/C19H31N5O2/c1-14(2)17(18(25)22(4)5)21-19(26)24-10-6-9-23(11-12-24)16-7-8-20-15(3)13-16/h7-8,13-14,17H,6,9-12H2,1-5H3,(H,21,26)/t17-/m1/s1. The van der Waals surface area contributed by atoms with Gasteiger partial charge in [-0.2, -0.15) is 0 Å². The van der Waals surface area contributed by atoms with E-state index in [2.05, 4.69) is 21.3 Å². The Balaban J connectivity index is 1.99. The Hall–Kier alpha value is -2.31. The molecule has 3 amide bonds. The van der Waals surface area contributed by atoms with Gasteiger partial charge >= 0.3 is 6.03 Å². The molecule has 0 saturated carbocycles. The van der Waals surface area contributed by atoms with E-state index in [1.165, 1.54) is 4.90 Å². The maximum atomic E-state index is 12.7. The quantitative estimate of drug-likeness (QED) is 0.887. The molecule has 0 unspecified atom stereocenters. The van der Waals surface area contributed by atoms with E-state index in [4.69, 9.17) is 0 Å². The fourth-order valence-electron chi connectivity index (χ4n) is 3.12. The number of nitrogens with zero attached hydrogens (tertiary/aromatic N) is 4. The number of nitrogens with one attached hydrogen (secondary N) is 1. The highest BCUT2D eigenvalue weighted by Crippen LogP contribution is 2.17. The summed E-state index contributed by atoms with van der Waals surface area (Å²) in [6.45, 7) is 8.86. The first kappa shape index (κ1) is 20.0. The Morgan fingerprint density at radius 3 is 2.54 bits per heavy atom. The molecule has 1 aromatic heterocycles. The number of rotatable bonds is 4. The van der Waals surface area contributed by atoms with Crippen LogP contribution < -0.4 is 10.2 Å². The molecule has 1 aliphatic heterocycles. The second kappa shape index (κ2) is 8.87. The zero-order chi connectivity index (χ0) is 19.3. The molecule has 0 aliphatic carbocycles. The van der Waals surface area contributed by atoms with Crippen LogP contribution in [0.1, 0.15) is 26.0 Å². The van der Waals surface area contributed by atoms with Gasteiger partial charge in [0.25, 0.3) is 0 Å². The van der Waals surface area contributed by atoms with E-state index in [9.17, 15) is 9.59 Å². The second-order valence-electron chi connectivity index (χ2n) is 7.39. The maximum absolute atomic E-state index is 12.7. The van der Waals surface area contributed by atoms with Gasteiger partial charge in [-0.25, -0.2) is 4.79 Å². The number of amides is 3. The van der Waals surface area contributed by atoms with Crippen LogP contribution in [-0.4, -0.2) is 73.0 Å². The molecule has 1 fully saturated rings. The van der Waals surface area contributed by atoms with E-state index < -0.39 is 6.04 Å². The predicted octanol–water partition coefficient (Wildman–Crippen LogP) is 1.72. The summed E-state index contributed by atoms with van der Waals surface area (Å²) in [5.74, 6) is -0.0332. The summed E-state index contributed by atoms with van der Waals surface area (Å²) < 4.78 is 0. The van der Waals surface area contributed by atoms with Gasteiger partial charge in [-0.15, -0.1) is 0 Å². The van der Waals surface area contributed by atoms with Crippen molar-refractivity contribution in [3.63, 3.8) is 0 Å². The molecule has 1 aliphatic rings. The third-order valence-corrected chi connectivity index (χ3v) is 4.68. The highest BCUT2D eigenvalue weighted by atomic mass is 16.2. The predicted molar refractivity (Wildman–Crippen MR) is 103 cm³/mol. The lowest BCUT2D eigenvalue weighted by Crippen LogP contribution is -2.53. The third kappa shape index (κ3) is 5.09. The minimum Gasteiger partial charge on any atom is -0.370 e.